The lowest BCUT2D eigenvalue weighted by molar-refractivity contribution is -0.138. The van der Waals surface area contributed by atoms with Crippen molar-refractivity contribution in [2.75, 3.05) is 54.4 Å². The Balaban J connectivity index is 1.54. The minimum Gasteiger partial charge on any atom is -0.302 e. The summed E-state index contributed by atoms with van der Waals surface area (Å²) in [6.45, 7) is 14.3. The van der Waals surface area contributed by atoms with E-state index >= 15 is 0 Å². The zero-order valence-corrected chi connectivity index (χ0v) is 31.8. The van der Waals surface area contributed by atoms with Gasteiger partial charge in [0.15, 0.2) is 0 Å². The summed E-state index contributed by atoms with van der Waals surface area (Å²) in [5, 5.41) is 0. The predicted octanol–water partition coefficient (Wildman–Crippen LogP) is 9.20. The topological polar surface area (TPSA) is 13.0 Å². The molecular weight excluding hydrogens is 650 g/mol. The van der Waals surface area contributed by atoms with Gasteiger partial charge in [0.05, 0.1) is 11.1 Å². The molecule has 282 valence electrons. The Morgan fingerprint density at radius 2 is 1.10 bits per heavy atom. The molecule has 0 aliphatic carbocycles. The van der Waals surface area contributed by atoms with Crippen LogP contribution in [0.4, 0.5) is 26.3 Å². The fourth-order valence-electron chi connectivity index (χ4n) is 8.34. The zero-order valence-electron chi connectivity index (χ0n) is 31.8. The molecule has 0 spiro atoms. The highest BCUT2D eigenvalue weighted by Crippen LogP contribution is 2.39. The lowest BCUT2D eigenvalue weighted by Gasteiger charge is -2.52. The molecule has 0 radical (unpaired) electrons. The highest BCUT2D eigenvalue weighted by Gasteiger charge is 2.43. The van der Waals surface area contributed by atoms with Gasteiger partial charge in [-0.2, -0.15) is 26.3 Å². The first kappa shape index (κ1) is 40.6. The maximum Gasteiger partial charge on any atom is 0.416 e. The van der Waals surface area contributed by atoms with Gasteiger partial charge in [0.2, 0.25) is 0 Å². The standard InChI is InChI=1S/C40H60F6N4/c1-35(2,3)49-21-11-17-37(28-49,47(6)7)20-16-31-23-32(26-34(25-31)40(44,45)46)27-36(4,5)50-22-12-18-38(29-50,48(8)9)19-15-30-13-10-14-33(24-30)39(41,42)43/h10,13-14,23-26H,11-12,15-22,27-29H2,1-9H3/t37-,38+/m0/s1. The van der Waals surface area contributed by atoms with Gasteiger partial charge in [0, 0.05) is 35.2 Å². The minimum atomic E-state index is -4.45. The number of hydrogen-bond acceptors (Lipinski definition) is 4. The average Bonchev–Trinajstić information content (AvgIpc) is 3.01. The first-order valence-electron chi connectivity index (χ1n) is 18.2. The van der Waals surface area contributed by atoms with Crippen molar-refractivity contribution in [2.24, 2.45) is 0 Å². The van der Waals surface area contributed by atoms with E-state index in [-0.39, 0.29) is 16.6 Å². The molecule has 2 atom stereocenters. The maximum absolute atomic E-state index is 14.3. The molecule has 50 heavy (non-hydrogen) atoms. The SMILES string of the molecule is CN(C)[C@]1(CCc2cc(CC(C)(C)N3CCC[C@](CCc4cccc(C(F)(F)F)c4)(N(C)C)C3)cc(C(F)(F)F)c2)CCCN(C(C)(C)C)C1. The fraction of sp³-hybridized carbons (Fsp3) is 0.700. The molecule has 0 amide bonds. The van der Waals surface area contributed by atoms with E-state index in [1.807, 2.05) is 20.2 Å². The van der Waals surface area contributed by atoms with Crippen LogP contribution >= 0.6 is 0 Å². The molecule has 2 fully saturated rings. The minimum absolute atomic E-state index is 0.0213. The van der Waals surface area contributed by atoms with Crippen LogP contribution in [0.1, 0.15) is 101 Å². The summed E-state index contributed by atoms with van der Waals surface area (Å²) in [5.74, 6) is 0. The van der Waals surface area contributed by atoms with Gasteiger partial charge in [-0.1, -0.05) is 24.3 Å². The van der Waals surface area contributed by atoms with Crippen molar-refractivity contribution in [3.8, 4) is 0 Å². The van der Waals surface area contributed by atoms with Crippen molar-refractivity contribution in [2.45, 2.75) is 127 Å². The second-order valence-corrected chi connectivity index (χ2v) is 17.2. The number of halogens is 6. The summed E-state index contributed by atoms with van der Waals surface area (Å²) < 4.78 is 83.2. The van der Waals surface area contributed by atoms with E-state index in [1.54, 1.807) is 6.07 Å². The van der Waals surface area contributed by atoms with Gasteiger partial charge in [0.1, 0.15) is 0 Å². The van der Waals surface area contributed by atoms with Crippen LogP contribution in [-0.4, -0.2) is 96.1 Å². The summed E-state index contributed by atoms with van der Waals surface area (Å²) in [7, 11) is 8.24. The van der Waals surface area contributed by atoms with E-state index in [0.717, 1.165) is 63.4 Å². The molecule has 2 heterocycles. The maximum atomic E-state index is 14.3. The van der Waals surface area contributed by atoms with Crippen molar-refractivity contribution in [3.05, 3.63) is 70.3 Å². The molecule has 2 aliphatic rings. The molecular formula is C40H60F6N4. The van der Waals surface area contributed by atoms with E-state index in [9.17, 15) is 26.3 Å². The van der Waals surface area contributed by atoms with Crippen LogP contribution in [0, 0.1) is 0 Å². The number of likely N-dealkylation sites (N-methyl/N-ethyl adjacent to an activating group) is 2. The van der Waals surface area contributed by atoms with Crippen molar-refractivity contribution < 1.29 is 26.3 Å². The molecule has 0 saturated carbocycles. The number of piperidine rings is 2. The van der Waals surface area contributed by atoms with Crippen LogP contribution in [0.2, 0.25) is 0 Å². The third kappa shape index (κ3) is 9.84. The molecule has 0 N–H and O–H groups in total. The van der Waals surface area contributed by atoms with Crippen LogP contribution < -0.4 is 0 Å². The summed E-state index contributed by atoms with van der Waals surface area (Å²) in [6, 6.07) is 10.2. The van der Waals surface area contributed by atoms with Gasteiger partial charge >= 0.3 is 12.4 Å². The second-order valence-electron chi connectivity index (χ2n) is 17.2. The van der Waals surface area contributed by atoms with Gasteiger partial charge in [-0.3, -0.25) is 9.80 Å². The van der Waals surface area contributed by atoms with Crippen molar-refractivity contribution in [3.63, 3.8) is 0 Å². The van der Waals surface area contributed by atoms with Gasteiger partial charge in [0.25, 0.3) is 0 Å². The molecule has 0 bridgehead atoms. The molecule has 10 heteroatoms. The smallest absolute Gasteiger partial charge is 0.302 e. The van der Waals surface area contributed by atoms with Crippen LogP contribution in [0.5, 0.6) is 0 Å². The summed E-state index contributed by atoms with van der Waals surface area (Å²) in [6.07, 6.45) is -1.97. The monoisotopic (exact) mass is 710 g/mol. The quantitative estimate of drug-likeness (QED) is 0.216. The number of likely N-dealkylation sites (tertiary alicyclic amines) is 2. The molecule has 2 aromatic carbocycles. The zero-order chi connectivity index (χ0) is 37.3. The van der Waals surface area contributed by atoms with Gasteiger partial charge in [-0.05, 0) is 169 Å². The van der Waals surface area contributed by atoms with Crippen molar-refractivity contribution in [1.82, 2.24) is 19.6 Å². The molecule has 0 unspecified atom stereocenters. The van der Waals surface area contributed by atoms with E-state index in [4.69, 9.17) is 0 Å². The van der Waals surface area contributed by atoms with E-state index in [2.05, 4.69) is 68.3 Å². The Morgan fingerprint density at radius 3 is 1.62 bits per heavy atom. The summed E-state index contributed by atoms with van der Waals surface area (Å²) in [5.41, 5.74) is 0.0232. The Hall–Kier alpha value is -2.14. The summed E-state index contributed by atoms with van der Waals surface area (Å²) >= 11 is 0. The van der Waals surface area contributed by atoms with Gasteiger partial charge in [-0.25, -0.2) is 0 Å². The highest BCUT2D eigenvalue weighted by molar-refractivity contribution is 5.34. The van der Waals surface area contributed by atoms with Crippen LogP contribution in [-0.2, 0) is 31.6 Å². The Bertz CT molecular complexity index is 1430. The Labute approximate surface area is 297 Å². The number of nitrogens with zero attached hydrogens (tertiary/aromatic N) is 4. The average molecular weight is 711 g/mol. The molecule has 0 aromatic heterocycles. The predicted molar refractivity (Wildman–Crippen MR) is 192 cm³/mol. The third-order valence-electron chi connectivity index (χ3n) is 11.8. The number of benzene rings is 2. The molecule has 4 nitrogen and oxygen atoms in total. The lowest BCUT2D eigenvalue weighted by Crippen LogP contribution is -2.61. The largest absolute Gasteiger partial charge is 0.416 e. The molecule has 2 saturated heterocycles. The Morgan fingerprint density at radius 1 is 0.620 bits per heavy atom. The van der Waals surface area contributed by atoms with Crippen LogP contribution in [0.15, 0.2) is 42.5 Å². The number of aryl methyl sites for hydroxylation is 2. The first-order chi connectivity index (χ1) is 23.0. The Kier molecular flexibility index (Phi) is 12.2. The van der Waals surface area contributed by atoms with Crippen molar-refractivity contribution in [1.29, 1.82) is 0 Å². The lowest BCUT2D eigenvalue weighted by atomic mass is 9.79. The van der Waals surface area contributed by atoms with E-state index in [0.29, 0.717) is 43.4 Å². The van der Waals surface area contributed by atoms with Crippen LogP contribution in [0.3, 0.4) is 0 Å². The number of alkyl halides is 6. The number of rotatable bonds is 11. The molecule has 4 rings (SSSR count). The third-order valence-corrected chi connectivity index (χ3v) is 11.8. The van der Waals surface area contributed by atoms with Gasteiger partial charge < -0.3 is 9.80 Å². The van der Waals surface area contributed by atoms with E-state index in [1.165, 1.54) is 24.3 Å². The highest BCUT2D eigenvalue weighted by atomic mass is 19.4. The second kappa shape index (κ2) is 15.1. The fourth-order valence-corrected chi connectivity index (χ4v) is 8.34. The first-order valence-corrected chi connectivity index (χ1v) is 18.2. The van der Waals surface area contributed by atoms with Crippen LogP contribution in [0.25, 0.3) is 0 Å². The molecule has 2 aromatic rings. The van der Waals surface area contributed by atoms with Gasteiger partial charge in [-0.15, -0.1) is 0 Å². The van der Waals surface area contributed by atoms with Crippen molar-refractivity contribution >= 4 is 0 Å². The normalized spacial score (nSPS) is 23.6. The summed E-state index contributed by atoms with van der Waals surface area (Å²) in [4.78, 5) is 9.36. The van der Waals surface area contributed by atoms with E-state index < -0.39 is 29.0 Å². The molecule has 2 aliphatic heterocycles. The number of hydrogen-bond donors (Lipinski definition) is 0.